The fourth-order valence-electron chi connectivity index (χ4n) is 1.90. The lowest BCUT2D eigenvalue weighted by Crippen LogP contribution is -1.92. The summed E-state index contributed by atoms with van der Waals surface area (Å²) < 4.78 is 5.06. The molecule has 2 aromatic carbocycles. The molecule has 0 aliphatic carbocycles. The number of oxazole rings is 1. The van der Waals surface area contributed by atoms with Crippen LogP contribution >= 0.6 is 0 Å². The Balaban J connectivity index is 2.62. The van der Waals surface area contributed by atoms with Crippen LogP contribution in [0.1, 0.15) is 0 Å². The zero-order valence-electron chi connectivity index (χ0n) is 8.56. The lowest BCUT2D eigenvalue weighted by atomic mass is 10.1. The number of nitrogens with zero attached hydrogens (tertiary/aromatic N) is 1. The molecule has 5 nitrogen and oxygen atoms in total. The van der Waals surface area contributed by atoms with Crippen molar-refractivity contribution in [3.63, 3.8) is 0 Å². The maximum atomic E-state index is 11.2. The van der Waals surface area contributed by atoms with Gasteiger partial charge >= 0.3 is 5.76 Å². The molecule has 0 saturated heterocycles. The van der Waals surface area contributed by atoms with Crippen LogP contribution < -0.4 is 5.76 Å². The van der Waals surface area contributed by atoms with Crippen molar-refractivity contribution < 1.29 is 9.21 Å². The van der Waals surface area contributed by atoms with E-state index in [0.29, 0.717) is 16.8 Å². The first-order chi connectivity index (χ1) is 8.29. The van der Waals surface area contributed by atoms with Gasteiger partial charge in [-0.2, -0.15) is 4.99 Å². The van der Waals surface area contributed by atoms with Gasteiger partial charge < -0.3 is 4.42 Å². The second-order valence-corrected chi connectivity index (χ2v) is 3.54. The molecule has 82 valence electrons. The molecule has 0 amide bonds. The van der Waals surface area contributed by atoms with Crippen molar-refractivity contribution in [1.82, 2.24) is 4.98 Å². The monoisotopic (exact) mass is 226 g/mol. The fourth-order valence-corrected chi connectivity index (χ4v) is 1.90. The van der Waals surface area contributed by atoms with Crippen LogP contribution in [0.5, 0.6) is 0 Å². The van der Waals surface area contributed by atoms with Crippen LogP contribution in [-0.4, -0.2) is 11.1 Å². The molecule has 0 atom stereocenters. The highest BCUT2D eigenvalue weighted by Gasteiger charge is 2.09. The van der Waals surface area contributed by atoms with E-state index >= 15 is 0 Å². The van der Waals surface area contributed by atoms with Crippen molar-refractivity contribution in [2.24, 2.45) is 4.99 Å². The van der Waals surface area contributed by atoms with Gasteiger partial charge in [0, 0.05) is 10.8 Å². The number of isocyanates is 1. The summed E-state index contributed by atoms with van der Waals surface area (Å²) in [4.78, 5) is 27.7. The first kappa shape index (κ1) is 9.57. The Morgan fingerprint density at radius 2 is 2.00 bits per heavy atom. The van der Waals surface area contributed by atoms with Gasteiger partial charge in [-0.3, -0.25) is 4.98 Å². The van der Waals surface area contributed by atoms with Crippen molar-refractivity contribution in [1.29, 1.82) is 0 Å². The van der Waals surface area contributed by atoms with E-state index in [1.807, 2.05) is 12.1 Å². The van der Waals surface area contributed by atoms with Crippen LogP contribution in [0.15, 0.2) is 44.5 Å². The Morgan fingerprint density at radius 3 is 2.76 bits per heavy atom. The number of hydrogen-bond donors (Lipinski definition) is 1. The standard InChI is InChI=1S/C12H6N2O3/c15-6-13-9-5-10-11(17-12(16)14-10)8-4-2-1-3-7(8)9/h1-5H,(H,14,16). The molecule has 0 radical (unpaired) electrons. The minimum Gasteiger partial charge on any atom is -0.407 e. The Labute approximate surface area is 94.4 Å². The summed E-state index contributed by atoms with van der Waals surface area (Å²) in [5, 5.41) is 1.48. The molecule has 0 spiro atoms. The normalized spacial score (nSPS) is 10.6. The molecule has 0 unspecified atom stereocenters. The summed E-state index contributed by atoms with van der Waals surface area (Å²) in [6.07, 6.45) is 1.50. The first-order valence-electron chi connectivity index (χ1n) is 4.92. The van der Waals surface area contributed by atoms with Crippen LogP contribution in [-0.2, 0) is 4.79 Å². The Kier molecular flexibility index (Phi) is 1.93. The number of nitrogens with one attached hydrogen (secondary N) is 1. The second-order valence-electron chi connectivity index (χ2n) is 3.54. The van der Waals surface area contributed by atoms with Gasteiger partial charge in [0.15, 0.2) is 5.58 Å². The van der Waals surface area contributed by atoms with E-state index in [4.69, 9.17) is 4.42 Å². The van der Waals surface area contributed by atoms with Crippen molar-refractivity contribution in [2.75, 3.05) is 0 Å². The largest absolute Gasteiger partial charge is 0.417 e. The van der Waals surface area contributed by atoms with Gasteiger partial charge in [0.25, 0.3) is 0 Å². The number of carbonyl (C=O) groups excluding carboxylic acids is 1. The maximum Gasteiger partial charge on any atom is 0.417 e. The molecular weight excluding hydrogens is 220 g/mol. The number of rotatable bonds is 1. The lowest BCUT2D eigenvalue weighted by Gasteiger charge is -2.00. The van der Waals surface area contributed by atoms with Gasteiger partial charge in [-0.1, -0.05) is 24.3 Å². The number of aromatic nitrogens is 1. The molecule has 3 aromatic rings. The van der Waals surface area contributed by atoms with Crippen molar-refractivity contribution in [3.8, 4) is 0 Å². The summed E-state index contributed by atoms with van der Waals surface area (Å²) in [6, 6.07) is 8.84. The Bertz CT molecular complexity index is 822. The smallest absolute Gasteiger partial charge is 0.407 e. The molecule has 1 N–H and O–H groups in total. The molecule has 0 aliphatic heterocycles. The minimum absolute atomic E-state index is 0.458. The van der Waals surface area contributed by atoms with E-state index in [-0.39, 0.29) is 0 Å². The molecule has 0 fully saturated rings. The SMILES string of the molecule is O=C=Nc1cc2[nH]c(=O)oc2c2ccccc12. The molecular formula is C12H6N2O3. The molecule has 0 aliphatic rings. The third-order valence-corrected chi connectivity index (χ3v) is 2.57. The van der Waals surface area contributed by atoms with Crippen molar-refractivity contribution in [3.05, 3.63) is 40.9 Å². The summed E-state index contributed by atoms with van der Waals surface area (Å²) in [5.41, 5.74) is 1.44. The first-order valence-corrected chi connectivity index (χ1v) is 4.92. The predicted molar refractivity (Wildman–Crippen MR) is 62.1 cm³/mol. The number of hydrogen-bond acceptors (Lipinski definition) is 4. The number of H-pyrrole nitrogens is 1. The van der Waals surface area contributed by atoms with E-state index in [0.717, 1.165) is 10.8 Å². The zero-order chi connectivity index (χ0) is 11.8. The van der Waals surface area contributed by atoms with Gasteiger partial charge in [0.05, 0.1) is 11.2 Å². The van der Waals surface area contributed by atoms with Crippen LogP contribution in [0, 0.1) is 0 Å². The average molecular weight is 226 g/mol. The highest BCUT2D eigenvalue weighted by Crippen LogP contribution is 2.31. The summed E-state index contributed by atoms with van der Waals surface area (Å²) in [6.45, 7) is 0. The zero-order valence-corrected chi connectivity index (χ0v) is 8.56. The van der Waals surface area contributed by atoms with Crippen LogP contribution in [0.4, 0.5) is 5.69 Å². The average Bonchev–Trinajstić information content (AvgIpc) is 2.70. The van der Waals surface area contributed by atoms with Gasteiger partial charge in [-0.05, 0) is 6.07 Å². The molecule has 1 heterocycles. The van der Waals surface area contributed by atoms with Gasteiger partial charge in [0.2, 0.25) is 6.08 Å². The Morgan fingerprint density at radius 1 is 1.24 bits per heavy atom. The van der Waals surface area contributed by atoms with E-state index in [1.54, 1.807) is 18.2 Å². The fraction of sp³-hybridized carbons (Fsp3) is 0. The third kappa shape index (κ3) is 1.38. The molecule has 17 heavy (non-hydrogen) atoms. The van der Waals surface area contributed by atoms with E-state index < -0.39 is 5.76 Å². The summed E-state index contributed by atoms with van der Waals surface area (Å²) >= 11 is 0. The summed E-state index contributed by atoms with van der Waals surface area (Å²) in [5.74, 6) is -0.530. The Hall–Kier alpha value is -2.65. The second kappa shape index (κ2) is 3.43. The minimum atomic E-state index is -0.530. The molecule has 0 saturated carbocycles. The van der Waals surface area contributed by atoms with E-state index in [9.17, 15) is 9.59 Å². The van der Waals surface area contributed by atoms with E-state index in [1.165, 1.54) is 6.08 Å². The number of aliphatic imine (C=N–C) groups is 1. The molecule has 1 aromatic heterocycles. The molecule has 3 rings (SSSR count). The van der Waals surface area contributed by atoms with Crippen molar-refractivity contribution in [2.45, 2.75) is 0 Å². The maximum absolute atomic E-state index is 11.2. The quantitative estimate of drug-likeness (QED) is 0.510. The van der Waals surface area contributed by atoms with Gasteiger partial charge in [-0.25, -0.2) is 9.59 Å². The third-order valence-electron chi connectivity index (χ3n) is 2.57. The highest BCUT2D eigenvalue weighted by molar-refractivity contribution is 6.08. The van der Waals surface area contributed by atoms with Crippen LogP contribution in [0.25, 0.3) is 21.9 Å². The summed E-state index contributed by atoms with van der Waals surface area (Å²) in [7, 11) is 0. The predicted octanol–water partition coefficient (Wildman–Crippen LogP) is 2.24. The van der Waals surface area contributed by atoms with Crippen LogP contribution in [0.3, 0.4) is 0 Å². The van der Waals surface area contributed by atoms with Crippen LogP contribution in [0.2, 0.25) is 0 Å². The number of fused-ring (bicyclic) bond motifs is 3. The molecule has 5 heteroatoms. The topological polar surface area (TPSA) is 75.4 Å². The highest BCUT2D eigenvalue weighted by atomic mass is 16.4. The molecule has 0 bridgehead atoms. The number of aromatic amines is 1. The van der Waals surface area contributed by atoms with Gasteiger partial charge in [-0.15, -0.1) is 0 Å². The number of benzene rings is 2. The van der Waals surface area contributed by atoms with Gasteiger partial charge in [0.1, 0.15) is 0 Å². The van der Waals surface area contributed by atoms with E-state index in [2.05, 4.69) is 9.98 Å². The lowest BCUT2D eigenvalue weighted by molar-refractivity contribution is 0.558. The van der Waals surface area contributed by atoms with Crippen molar-refractivity contribution >= 4 is 33.6 Å².